The van der Waals surface area contributed by atoms with Gasteiger partial charge >= 0.3 is 0 Å². The lowest BCUT2D eigenvalue weighted by Crippen LogP contribution is -1.93. The van der Waals surface area contributed by atoms with Gasteiger partial charge in [0.2, 0.25) is 0 Å². The van der Waals surface area contributed by atoms with E-state index in [9.17, 15) is 0 Å². The van der Waals surface area contributed by atoms with Crippen molar-refractivity contribution in [3.05, 3.63) is 42.1 Å². The molecule has 0 aliphatic carbocycles. The van der Waals surface area contributed by atoms with E-state index >= 15 is 0 Å². The zero-order chi connectivity index (χ0) is 14.8. The molecule has 0 aliphatic heterocycles. The van der Waals surface area contributed by atoms with Crippen LogP contribution in [0.15, 0.2) is 41.4 Å². The molecule has 6 heteroatoms. The van der Waals surface area contributed by atoms with Crippen molar-refractivity contribution >= 4 is 34.2 Å². The van der Waals surface area contributed by atoms with Crippen molar-refractivity contribution < 1.29 is 0 Å². The molecular weight excluding hydrogens is 282 g/mol. The third-order valence-electron chi connectivity index (χ3n) is 3.25. The predicted molar refractivity (Wildman–Crippen MR) is 89.3 cm³/mol. The van der Waals surface area contributed by atoms with Gasteiger partial charge in [0.25, 0.3) is 0 Å². The topological polar surface area (TPSA) is 69.8 Å². The first-order valence-corrected chi connectivity index (χ1v) is 7.69. The second kappa shape index (κ2) is 5.57. The molecule has 0 saturated carbocycles. The van der Waals surface area contributed by atoms with E-state index in [4.69, 9.17) is 5.41 Å². The Balaban J connectivity index is 1.96. The summed E-state index contributed by atoms with van der Waals surface area (Å²) in [6.07, 6.45) is 3.49. The number of thioether (sulfide) groups is 1. The maximum Gasteiger partial charge on any atom is 0.179 e. The van der Waals surface area contributed by atoms with Gasteiger partial charge in [-0.2, -0.15) is 0 Å². The Morgan fingerprint density at radius 2 is 2.14 bits per heavy atom. The van der Waals surface area contributed by atoms with E-state index in [1.54, 1.807) is 6.21 Å². The van der Waals surface area contributed by atoms with Crippen LogP contribution >= 0.6 is 11.8 Å². The summed E-state index contributed by atoms with van der Waals surface area (Å²) in [6.45, 7) is 0. The number of rotatable bonds is 2. The molecule has 2 heterocycles. The Hall–Kier alpha value is -2.34. The number of aryl methyl sites for hydroxylation is 1. The van der Waals surface area contributed by atoms with Crippen molar-refractivity contribution in [1.82, 2.24) is 14.5 Å². The van der Waals surface area contributed by atoms with Crippen LogP contribution in [0.4, 0.5) is 0 Å². The number of nitrogens with one attached hydrogen (secondary N) is 2. The lowest BCUT2D eigenvalue weighted by atomic mass is 10.3. The summed E-state index contributed by atoms with van der Waals surface area (Å²) in [6, 6.07) is 12.0. The molecule has 1 aromatic carbocycles. The van der Waals surface area contributed by atoms with Crippen molar-refractivity contribution in [1.29, 1.82) is 5.41 Å². The van der Waals surface area contributed by atoms with E-state index in [2.05, 4.69) is 25.6 Å². The Morgan fingerprint density at radius 3 is 2.90 bits per heavy atom. The van der Waals surface area contributed by atoms with E-state index in [-0.39, 0.29) is 5.17 Å². The fourth-order valence-corrected chi connectivity index (χ4v) is 2.34. The smallest absolute Gasteiger partial charge is 0.179 e. The highest BCUT2D eigenvalue weighted by Crippen LogP contribution is 2.22. The lowest BCUT2D eigenvalue weighted by Gasteiger charge is -1.99. The van der Waals surface area contributed by atoms with Gasteiger partial charge in [0, 0.05) is 7.05 Å². The fourth-order valence-electron chi connectivity index (χ4n) is 2.18. The summed E-state index contributed by atoms with van der Waals surface area (Å²) in [5, 5.41) is 7.79. The Labute approximate surface area is 126 Å². The van der Waals surface area contributed by atoms with Crippen LogP contribution in [-0.2, 0) is 7.05 Å². The normalized spacial score (nSPS) is 11.5. The minimum Gasteiger partial charge on any atom is -0.351 e. The zero-order valence-corrected chi connectivity index (χ0v) is 12.6. The standard InChI is InChI=1S/C15H15N5S/c1-20-13-6-4-3-5-11(13)19-14(20)12-8-7-10(18-12)9-17-15(16)21-2/h3-9,16,18H,1-2H3/b16-15?,17-9-. The number of aromatic nitrogens is 3. The molecule has 21 heavy (non-hydrogen) atoms. The molecule has 0 atom stereocenters. The van der Waals surface area contributed by atoms with E-state index in [0.29, 0.717) is 0 Å². The van der Waals surface area contributed by atoms with Crippen molar-refractivity contribution in [2.45, 2.75) is 0 Å². The van der Waals surface area contributed by atoms with Crippen LogP contribution in [0.1, 0.15) is 5.69 Å². The summed E-state index contributed by atoms with van der Waals surface area (Å²) in [5.74, 6) is 0.885. The quantitative estimate of drug-likeness (QED) is 0.563. The monoisotopic (exact) mass is 297 g/mol. The number of H-pyrrole nitrogens is 1. The van der Waals surface area contributed by atoms with E-state index < -0.39 is 0 Å². The van der Waals surface area contributed by atoms with Gasteiger partial charge in [0.15, 0.2) is 11.0 Å². The molecular formula is C15H15N5S. The molecule has 0 radical (unpaired) electrons. The second-order valence-corrected chi connectivity index (χ2v) is 5.37. The largest absolute Gasteiger partial charge is 0.351 e. The average molecular weight is 297 g/mol. The van der Waals surface area contributed by atoms with Gasteiger partial charge in [-0.1, -0.05) is 23.9 Å². The molecule has 0 amide bonds. The van der Waals surface area contributed by atoms with Crippen LogP contribution in [0.5, 0.6) is 0 Å². The van der Waals surface area contributed by atoms with Gasteiger partial charge in [-0.3, -0.25) is 5.41 Å². The molecule has 5 nitrogen and oxygen atoms in total. The van der Waals surface area contributed by atoms with E-state index in [1.807, 2.05) is 43.6 Å². The number of fused-ring (bicyclic) bond motifs is 1. The van der Waals surface area contributed by atoms with Gasteiger partial charge in [-0.05, 0) is 30.5 Å². The molecule has 3 aromatic rings. The molecule has 106 valence electrons. The van der Waals surface area contributed by atoms with Crippen LogP contribution < -0.4 is 0 Å². The number of aliphatic imine (C=N–C) groups is 1. The Bertz CT molecular complexity index is 828. The first-order valence-electron chi connectivity index (χ1n) is 6.46. The highest BCUT2D eigenvalue weighted by Gasteiger charge is 2.10. The molecule has 0 bridgehead atoms. The van der Waals surface area contributed by atoms with E-state index in [0.717, 1.165) is 28.2 Å². The van der Waals surface area contributed by atoms with Gasteiger partial charge in [0.1, 0.15) is 0 Å². The van der Waals surface area contributed by atoms with Crippen LogP contribution in [0.25, 0.3) is 22.6 Å². The molecule has 2 N–H and O–H groups in total. The first-order chi connectivity index (χ1) is 10.2. The summed E-state index contributed by atoms with van der Waals surface area (Å²) < 4.78 is 2.06. The number of imidazole rings is 1. The van der Waals surface area contributed by atoms with E-state index in [1.165, 1.54) is 11.8 Å². The second-order valence-electron chi connectivity index (χ2n) is 4.58. The number of amidine groups is 1. The number of benzene rings is 1. The summed E-state index contributed by atoms with van der Waals surface area (Å²) >= 11 is 1.31. The van der Waals surface area contributed by atoms with Gasteiger partial charge < -0.3 is 9.55 Å². The zero-order valence-electron chi connectivity index (χ0n) is 11.8. The molecule has 0 saturated heterocycles. The average Bonchev–Trinajstić information content (AvgIpc) is 3.10. The molecule has 0 spiro atoms. The molecule has 3 rings (SSSR count). The molecule has 0 unspecified atom stereocenters. The first kappa shape index (κ1) is 13.6. The van der Waals surface area contributed by atoms with Crippen LogP contribution in [0.3, 0.4) is 0 Å². The predicted octanol–water partition coefficient (Wildman–Crippen LogP) is 3.29. The third kappa shape index (κ3) is 2.62. The van der Waals surface area contributed by atoms with Crippen molar-refractivity contribution in [3.8, 4) is 11.5 Å². The lowest BCUT2D eigenvalue weighted by molar-refractivity contribution is 0.953. The summed E-state index contributed by atoms with van der Waals surface area (Å²) in [5.41, 5.74) is 3.87. The Morgan fingerprint density at radius 1 is 1.33 bits per heavy atom. The third-order valence-corrected chi connectivity index (χ3v) is 3.74. The van der Waals surface area contributed by atoms with Gasteiger partial charge in [0.05, 0.1) is 28.6 Å². The van der Waals surface area contributed by atoms with Crippen LogP contribution in [-0.4, -0.2) is 32.2 Å². The SMILES string of the molecule is CSC(=N)/N=C\c1ccc(-c2nc3ccccc3n2C)[nH]1. The van der Waals surface area contributed by atoms with Gasteiger partial charge in [-0.25, -0.2) is 9.98 Å². The van der Waals surface area contributed by atoms with Crippen molar-refractivity contribution in [3.63, 3.8) is 0 Å². The van der Waals surface area contributed by atoms with Crippen LogP contribution in [0, 0.1) is 5.41 Å². The number of hydrogen-bond donors (Lipinski definition) is 2. The minimum atomic E-state index is 0.286. The number of aromatic amines is 1. The maximum atomic E-state index is 7.50. The van der Waals surface area contributed by atoms with Crippen molar-refractivity contribution in [2.24, 2.45) is 12.0 Å². The van der Waals surface area contributed by atoms with Gasteiger partial charge in [-0.15, -0.1) is 0 Å². The van der Waals surface area contributed by atoms with Crippen molar-refractivity contribution in [2.75, 3.05) is 6.26 Å². The minimum absolute atomic E-state index is 0.286. The number of para-hydroxylation sites is 2. The fraction of sp³-hybridized carbons (Fsp3) is 0.133. The highest BCUT2D eigenvalue weighted by atomic mass is 32.2. The Kier molecular flexibility index (Phi) is 3.62. The summed E-state index contributed by atoms with van der Waals surface area (Å²) in [7, 11) is 2.00. The number of nitrogens with zero attached hydrogens (tertiary/aromatic N) is 3. The maximum absolute atomic E-state index is 7.50. The van der Waals surface area contributed by atoms with Crippen LogP contribution in [0.2, 0.25) is 0 Å². The molecule has 0 fully saturated rings. The molecule has 0 aliphatic rings. The summed E-state index contributed by atoms with van der Waals surface area (Å²) in [4.78, 5) is 12.0. The highest BCUT2D eigenvalue weighted by molar-refractivity contribution is 8.13. The molecule has 2 aromatic heterocycles. The number of hydrogen-bond acceptors (Lipinski definition) is 3.